The topological polar surface area (TPSA) is 102 Å². The summed E-state index contributed by atoms with van der Waals surface area (Å²) >= 11 is 1.57. The van der Waals surface area contributed by atoms with Gasteiger partial charge in [-0.1, -0.05) is 12.1 Å². The molecule has 0 fully saturated rings. The van der Waals surface area contributed by atoms with E-state index in [4.69, 9.17) is 9.47 Å². The Labute approximate surface area is 218 Å². The van der Waals surface area contributed by atoms with Gasteiger partial charge in [0.15, 0.2) is 11.5 Å². The summed E-state index contributed by atoms with van der Waals surface area (Å²) in [5, 5.41) is 12.8. The molecule has 0 spiro atoms. The summed E-state index contributed by atoms with van der Waals surface area (Å²) in [6, 6.07) is 15.2. The van der Waals surface area contributed by atoms with Gasteiger partial charge in [-0.2, -0.15) is 0 Å². The molecule has 37 heavy (non-hydrogen) atoms. The molecule has 2 aromatic carbocycles. The Morgan fingerprint density at radius 2 is 1.84 bits per heavy atom. The molecule has 1 aromatic heterocycles. The highest BCUT2D eigenvalue weighted by molar-refractivity contribution is 7.09. The molecular weight excluding hydrogens is 494 g/mol. The minimum absolute atomic E-state index is 0.0221. The number of benzene rings is 2. The second kappa shape index (κ2) is 11.7. The first-order chi connectivity index (χ1) is 17.8. The van der Waals surface area contributed by atoms with E-state index in [1.165, 1.54) is 23.1 Å². The third-order valence-electron chi connectivity index (χ3n) is 5.82. The first kappa shape index (κ1) is 25.9. The summed E-state index contributed by atoms with van der Waals surface area (Å²) in [6.45, 7) is 4.57. The molecule has 4 rings (SSSR count). The van der Waals surface area contributed by atoms with Gasteiger partial charge in [0.1, 0.15) is 6.54 Å². The standard InChI is InChI=1S/C27H27N3O6S/c1-19(2)29(26(31)12-8-20-5-9-22(10-6-20)30(33)34)17-27(32)28(16-23-4-3-13-37-23)15-21-7-11-24-25(14-21)36-18-35-24/h3-14,19H,15-18H2,1-2H3. The van der Waals surface area contributed by atoms with Crippen LogP contribution in [-0.2, 0) is 22.7 Å². The minimum atomic E-state index is -0.476. The van der Waals surface area contributed by atoms with E-state index in [2.05, 4.69) is 0 Å². The average molecular weight is 522 g/mol. The Morgan fingerprint density at radius 1 is 1.08 bits per heavy atom. The van der Waals surface area contributed by atoms with Gasteiger partial charge in [0.2, 0.25) is 18.6 Å². The number of thiophene rings is 1. The van der Waals surface area contributed by atoms with Crippen LogP contribution in [0.1, 0.15) is 29.9 Å². The number of amides is 2. The van der Waals surface area contributed by atoms with Crippen LogP contribution in [0.4, 0.5) is 5.69 Å². The number of nitro groups is 1. The molecule has 1 aliphatic rings. The van der Waals surface area contributed by atoms with E-state index < -0.39 is 4.92 Å². The van der Waals surface area contributed by atoms with Crippen molar-refractivity contribution in [2.45, 2.75) is 33.0 Å². The summed E-state index contributed by atoms with van der Waals surface area (Å²) in [6.07, 6.45) is 2.97. The van der Waals surface area contributed by atoms with Crippen LogP contribution in [0.25, 0.3) is 6.08 Å². The largest absolute Gasteiger partial charge is 0.454 e. The fraction of sp³-hybridized carbons (Fsp3) is 0.259. The van der Waals surface area contributed by atoms with E-state index in [9.17, 15) is 19.7 Å². The summed E-state index contributed by atoms with van der Waals surface area (Å²) < 4.78 is 10.9. The first-order valence-electron chi connectivity index (χ1n) is 11.7. The lowest BCUT2D eigenvalue weighted by atomic mass is 10.1. The molecule has 0 unspecified atom stereocenters. The fourth-order valence-electron chi connectivity index (χ4n) is 3.81. The van der Waals surface area contributed by atoms with Crippen LogP contribution in [-0.4, -0.2) is 45.9 Å². The molecule has 0 N–H and O–H groups in total. The van der Waals surface area contributed by atoms with Crippen LogP contribution < -0.4 is 9.47 Å². The Balaban J connectivity index is 1.48. The van der Waals surface area contributed by atoms with Gasteiger partial charge in [0, 0.05) is 35.7 Å². The van der Waals surface area contributed by atoms with Gasteiger partial charge < -0.3 is 19.3 Å². The number of carbonyl (C=O) groups is 2. The van der Waals surface area contributed by atoms with Crippen LogP contribution in [0.5, 0.6) is 11.5 Å². The monoisotopic (exact) mass is 521 g/mol. The van der Waals surface area contributed by atoms with Crippen LogP contribution in [0, 0.1) is 10.1 Å². The van der Waals surface area contributed by atoms with Crippen molar-refractivity contribution >= 4 is 34.9 Å². The second-order valence-electron chi connectivity index (χ2n) is 8.76. The van der Waals surface area contributed by atoms with Gasteiger partial charge in [-0.3, -0.25) is 19.7 Å². The number of hydrogen-bond acceptors (Lipinski definition) is 7. The van der Waals surface area contributed by atoms with Crippen molar-refractivity contribution in [2.75, 3.05) is 13.3 Å². The van der Waals surface area contributed by atoms with Crippen molar-refractivity contribution in [2.24, 2.45) is 0 Å². The van der Waals surface area contributed by atoms with Crippen molar-refractivity contribution in [3.8, 4) is 11.5 Å². The molecule has 0 bridgehead atoms. The molecule has 9 nitrogen and oxygen atoms in total. The Kier molecular flexibility index (Phi) is 8.19. The molecule has 0 aliphatic carbocycles. The number of fused-ring (bicyclic) bond motifs is 1. The van der Waals surface area contributed by atoms with Crippen LogP contribution >= 0.6 is 11.3 Å². The highest BCUT2D eigenvalue weighted by Crippen LogP contribution is 2.33. The quantitative estimate of drug-likeness (QED) is 0.214. The second-order valence-corrected chi connectivity index (χ2v) is 9.79. The smallest absolute Gasteiger partial charge is 0.269 e. The predicted molar refractivity (Wildman–Crippen MR) is 140 cm³/mol. The number of non-ortho nitro benzene ring substituents is 1. The third kappa shape index (κ3) is 6.73. The lowest BCUT2D eigenvalue weighted by molar-refractivity contribution is -0.384. The van der Waals surface area contributed by atoms with Crippen molar-refractivity contribution in [1.29, 1.82) is 0 Å². The normalized spacial score (nSPS) is 12.2. The molecule has 3 aromatic rings. The lowest BCUT2D eigenvalue weighted by Gasteiger charge is -2.29. The number of rotatable bonds is 10. The molecule has 2 amide bonds. The van der Waals surface area contributed by atoms with E-state index >= 15 is 0 Å². The van der Waals surface area contributed by atoms with Crippen LogP contribution in [0.15, 0.2) is 66.1 Å². The van der Waals surface area contributed by atoms with Gasteiger partial charge in [-0.15, -0.1) is 11.3 Å². The highest BCUT2D eigenvalue weighted by atomic mass is 32.1. The molecule has 192 valence electrons. The Morgan fingerprint density at radius 3 is 2.51 bits per heavy atom. The van der Waals surface area contributed by atoms with E-state index in [1.54, 1.807) is 34.4 Å². The van der Waals surface area contributed by atoms with Crippen molar-refractivity contribution in [3.63, 3.8) is 0 Å². The zero-order valence-corrected chi connectivity index (χ0v) is 21.3. The van der Waals surface area contributed by atoms with Gasteiger partial charge in [0.05, 0.1) is 11.5 Å². The van der Waals surface area contributed by atoms with E-state index in [0.717, 1.165) is 10.4 Å². The van der Waals surface area contributed by atoms with E-state index in [-0.39, 0.29) is 36.9 Å². The molecular formula is C27H27N3O6S. The Hall–Kier alpha value is -4.18. The minimum Gasteiger partial charge on any atom is -0.454 e. The molecule has 0 saturated heterocycles. The molecule has 0 radical (unpaired) electrons. The van der Waals surface area contributed by atoms with Gasteiger partial charge >= 0.3 is 0 Å². The zero-order chi connectivity index (χ0) is 26.4. The molecule has 10 heteroatoms. The number of hydrogen-bond donors (Lipinski definition) is 0. The van der Waals surface area contributed by atoms with E-state index in [0.29, 0.717) is 30.2 Å². The maximum Gasteiger partial charge on any atom is 0.269 e. The summed E-state index contributed by atoms with van der Waals surface area (Å²) in [7, 11) is 0. The van der Waals surface area contributed by atoms with Gasteiger partial charge in [-0.25, -0.2) is 0 Å². The molecule has 0 atom stereocenters. The number of carbonyl (C=O) groups excluding carboxylic acids is 2. The third-order valence-corrected chi connectivity index (χ3v) is 6.69. The summed E-state index contributed by atoms with van der Waals surface area (Å²) in [5.74, 6) is 0.824. The van der Waals surface area contributed by atoms with Crippen molar-refractivity contribution in [3.05, 3.63) is 92.2 Å². The maximum absolute atomic E-state index is 13.5. The van der Waals surface area contributed by atoms with Gasteiger partial charge in [0.25, 0.3) is 5.69 Å². The van der Waals surface area contributed by atoms with E-state index in [1.807, 2.05) is 49.6 Å². The van der Waals surface area contributed by atoms with Gasteiger partial charge in [-0.05, 0) is 66.8 Å². The molecule has 0 saturated carbocycles. The summed E-state index contributed by atoms with van der Waals surface area (Å²) in [5.41, 5.74) is 1.52. The molecule has 2 heterocycles. The fourth-order valence-corrected chi connectivity index (χ4v) is 4.53. The number of nitrogens with zero attached hydrogens (tertiary/aromatic N) is 3. The average Bonchev–Trinajstić information content (AvgIpc) is 3.57. The Bertz CT molecular complexity index is 1290. The first-order valence-corrected chi connectivity index (χ1v) is 12.6. The van der Waals surface area contributed by atoms with Crippen LogP contribution in [0.2, 0.25) is 0 Å². The maximum atomic E-state index is 13.5. The highest BCUT2D eigenvalue weighted by Gasteiger charge is 2.24. The predicted octanol–water partition coefficient (Wildman–Crippen LogP) is 4.86. The number of nitro benzene ring substituents is 1. The lowest BCUT2D eigenvalue weighted by Crippen LogP contribution is -2.44. The van der Waals surface area contributed by atoms with Crippen molar-refractivity contribution in [1.82, 2.24) is 9.80 Å². The number of ether oxygens (including phenoxy) is 2. The SMILES string of the molecule is CC(C)N(CC(=O)N(Cc1ccc2c(c1)OCO2)Cc1cccs1)C(=O)C=Cc1ccc([N+](=O)[O-])cc1. The van der Waals surface area contributed by atoms with Crippen molar-refractivity contribution < 1.29 is 24.0 Å². The van der Waals surface area contributed by atoms with Crippen LogP contribution in [0.3, 0.4) is 0 Å². The zero-order valence-electron chi connectivity index (χ0n) is 20.5. The summed E-state index contributed by atoms with van der Waals surface area (Å²) in [4.78, 5) is 41.2. The molecule has 1 aliphatic heterocycles.